The summed E-state index contributed by atoms with van der Waals surface area (Å²) in [6, 6.07) is 0. The number of amides is 2. The van der Waals surface area contributed by atoms with E-state index in [-0.39, 0.29) is 18.4 Å². The number of nitrogens with zero attached hydrogens (tertiary/aromatic N) is 3. The van der Waals surface area contributed by atoms with Gasteiger partial charge in [-0.25, -0.2) is 9.97 Å². The summed E-state index contributed by atoms with van der Waals surface area (Å²) in [6.07, 6.45) is 4.23. The van der Waals surface area contributed by atoms with E-state index in [2.05, 4.69) is 20.6 Å². The van der Waals surface area contributed by atoms with E-state index in [4.69, 9.17) is 0 Å². The summed E-state index contributed by atoms with van der Waals surface area (Å²) in [5.41, 5.74) is 0.500. The SMILES string of the molecule is CCCC(=O)NCC(=O)Nc1cnc(N(C)C)nc1. The predicted octanol–water partition coefficient (Wildman–Crippen LogP) is 0.397. The molecule has 1 aromatic rings. The molecule has 0 aliphatic rings. The summed E-state index contributed by atoms with van der Waals surface area (Å²) in [4.78, 5) is 32.6. The molecule has 2 N–H and O–H groups in total. The van der Waals surface area contributed by atoms with Crippen molar-refractivity contribution in [2.75, 3.05) is 30.9 Å². The highest BCUT2D eigenvalue weighted by molar-refractivity contribution is 5.94. The normalized spacial score (nSPS) is 9.84. The van der Waals surface area contributed by atoms with Crippen LogP contribution < -0.4 is 15.5 Å². The van der Waals surface area contributed by atoms with Gasteiger partial charge < -0.3 is 15.5 Å². The molecule has 0 fully saturated rings. The van der Waals surface area contributed by atoms with Crippen LogP contribution in [-0.4, -0.2) is 42.4 Å². The number of carbonyl (C=O) groups is 2. The largest absolute Gasteiger partial charge is 0.347 e. The zero-order valence-corrected chi connectivity index (χ0v) is 11.4. The van der Waals surface area contributed by atoms with Gasteiger partial charge in [0.1, 0.15) is 0 Å². The summed E-state index contributed by atoms with van der Waals surface area (Å²) < 4.78 is 0. The fourth-order valence-corrected chi connectivity index (χ4v) is 1.32. The van der Waals surface area contributed by atoms with Crippen molar-refractivity contribution in [2.24, 2.45) is 0 Å². The van der Waals surface area contributed by atoms with Crippen LogP contribution in [0.4, 0.5) is 11.6 Å². The molecule has 1 rings (SSSR count). The number of hydrogen-bond acceptors (Lipinski definition) is 5. The van der Waals surface area contributed by atoms with Gasteiger partial charge >= 0.3 is 0 Å². The van der Waals surface area contributed by atoms with Crippen LogP contribution in [0.2, 0.25) is 0 Å². The van der Waals surface area contributed by atoms with E-state index in [9.17, 15) is 9.59 Å². The van der Waals surface area contributed by atoms with Crippen LogP contribution in [-0.2, 0) is 9.59 Å². The van der Waals surface area contributed by atoms with Crippen LogP contribution in [0, 0.1) is 0 Å². The lowest BCUT2D eigenvalue weighted by Crippen LogP contribution is -2.32. The molecule has 1 heterocycles. The Balaban J connectivity index is 2.42. The number of hydrogen-bond donors (Lipinski definition) is 2. The molecular formula is C12H19N5O2. The van der Waals surface area contributed by atoms with Crippen LogP contribution >= 0.6 is 0 Å². The third-order valence-corrected chi connectivity index (χ3v) is 2.25. The van der Waals surface area contributed by atoms with Gasteiger partial charge in [-0.1, -0.05) is 6.92 Å². The highest BCUT2D eigenvalue weighted by atomic mass is 16.2. The summed E-state index contributed by atoms with van der Waals surface area (Å²) in [7, 11) is 3.66. The van der Waals surface area contributed by atoms with Gasteiger partial charge in [-0.3, -0.25) is 9.59 Å². The number of anilines is 2. The summed E-state index contributed by atoms with van der Waals surface area (Å²) >= 11 is 0. The topological polar surface area (TPSA) is 87.2 Å². The molecule has 0 unspecified atom stereocenters. The second-order valence-electron chi connectivity index (χ2n) is 4.24. The standard InChI is InChI=1S/C12H19N5O2/c1-4-5-10(18)13-8-11(19)16-9-6-14-12(15-7-9)17(2)3/h6-7H,4-5,8H2,1-3H3,(H,13,18)(H,16,19). The van der Waals surface area contributed by atoms with Crippen LogP contribution in [0.1, 0.15) is 19.8 Å². The second kappa shape index (κ2) is 7.30. The molecular weight excluding hydrogens is 246 g/mol. The second-order valence-corrected chi connectivity index (χ2v) is 4.24. The van der Waals surface area contributed by atoms with Crippen molar-refractivity contribution in [1.29, 1.82) is 0 Å². The lowest BCUT2D eigenvalue weighted by molar-refractivity contribution is -0.124. The Morgan fingerprint density at radius 1 is 1.21 bits per heavy atom. The molecule has 0 bridgehead atoms. The fraction of sp³-hybridized carbons (Fsp3) is 0.500. The highest BCUT2D eigenvalue weighted by Crippen LogP contribution is 2.06. The minimum atomic E-state index is -0.300. The van der Waals surface area contributed by atoms with Crippen LogP contribution in [0.15, 0.2) is 12.4 Å². The van der Waals surface area contributed by atoms with E-state index in [0.29, 0.717) is 18.1 Å². The Labute approximate surface area is 112 Å². The van der Waals surface area contributed by atoms with Crippen molar-refractivity contribution in [2.45, 2.75) is 19.8 Å². The Hall–Kier alpha value is -2.18. The van der Waals surface area contributed by atoms with E-state index in [1.165, 1.54) is 12.4 Å². The molecule has 7 heteroatoms. The van der Waals surface area contributed by atoms with E-state index in [1.807, 2.05) is 21.0 Å². The lowest BCUT2D eigenvalue weighted by atomic mass is 10.3. The third-order valence-electron chi connectivity index (χ3n) is 2.25. The van der Waals surface area contributed by atoms with Crippen molar-refractivity contribution in [3.63, 3.8) is 0 Å². The maximum absolute atomic E-state index is 11.5. The van der Waals surface area contributed by atoms with Gasteiger partial charge in [-0.2, -0.15) is 0 Å². The number of rotatable bonds is 6. The monoisotopic (exact) mass is 265 g/mol. The van der Waals surface area contributed by atoms with Gasteiger partial charge in [0.2, 0.25) is 17.8 Å². The Morgan fingerprint density at radius 2 is 1.84 bits per heavy atom. The van der Waals surface area contributed by atoms with E-state index < -0.39 is 0 Å². The van der Waals surface area contributed by atoms with Gasteiger partial charge in [0.15, 0.2) is 0 Å². The van der Waals surface area contributed by atoms with Crippen molar-refractivity contribution >= 4 is 23.5 Å². The Morgan fingerprint density at radius 3 is 2.37 bits per heavy atom. The van der Waals surface area contributed by atoms with Crippen molar-refractivity contribution < 1.29 is 9.59 Å². The Kier molecular flexibility index (Phi) is 5.72. The first kappa shape index (κ1) is 14.9. The average molecular weight is 265 g/mol. The zero-order valence-electron chi connectivity index (χ0n) is 11.4. The molecule has 1 aromatic heterocycles. The smallest absolute Gasteiger partial charge is 0.243 e. The van der Waals surface area contributed by atoms with E-state index in [0.717, 1.165) is 6.42 Å². The predicted molar refractivity (Wildman–Crippen MR) is 72.9 cm³/mol. The number of carbonyl (C=O) groups excluding carboxylic acids is 2. The van der Waals surface area contributed by atoms with Gasteiger partial charge in [-0.05, 0) is 6.42 Å². The molecule has 0 saturated carbocycles. The van der Waals surface area contributed by atoms with Gasteiger partial charge in [-0.15, -0.1) is 0 Å². The number of aromatic nitrogens is 2. The zero-order chi connectivity index (χ0) is 14.3. The van der Waals surface area contributed by atoms with Crippen LogP contribution in [0.25, 0.3) is 0 Å². The molecule has 0 spiro atoms. The van der Waals surface area contributed by atoms with E-state index in [1.54, 1.807) is 4.90 Å². The highest BCUT2D eigenvalue weighted by Gasteiger charge is 2.06. The average Bonchev–Trinajstić information content (AvgIpc) is 2.37. The molecule has 7 nitrogen and oxygen atoms in total. The first-order valence-corrected chi connectivity index (χ1v) is 6.09. The van der Waals surface area contributed by atoms with E-state index >= 15 is 0 Å². The van der Waals surface area contributed by atoms with Crippen molar-refractivity contribution in [3.05, 3.63) is 12.4 Å². The number of nitrogens with one attached hydrogen (secondary N) is 2. The summed E-state index contributed by atoms with van der Waals surface area (Å²) in [5, 5.41) is 5.14. The molecule has 0 radical (unpaired) electrons. The molecule has 104 valence electrons. The third kappa shape index (κ3) is 5.33. The molecule has 19 heavy (non-hydrogen) atoms. The maximum atomic E-state index is 11.5. The van der Waals surface area contributed by atoms with Crippen molar-refractivity contribution in [3.8, 4) is 0 Å². The Bertz CT molecular complexity index is 430. The molecule has 0 aromatic carbocycles. The molecule has 0 saturated heterocycles. The summed E-state index contributed by atoms with van der Waals surface area (Å²) in [6.45, 7) is 1.86. The molecule has 0 aliphatic heterocycles. The lowest BCUT2D eigenvalue weighted by Gasteiger charge is -2.10. The van der Waals surface area contributed by atoms with Crippen LogP contribution in [0.3, 0.4) is 0 Å². The molecule has 0 aliphatic carbocycles. The van der Waals surface area contributed by atoms with Crippen LogP contribution in [0.5, 0.6) is 0 Å². The van der Waals surface area contributed by atoms with Gasteiger partial charge in [0.05, 0.1) is 24.6 Å². The molecule has 2 amide bonds. The maximum Gasteiger partial charge on any atom is 0.243 e. The van der Waals surface area contributed by atoms with Gasteiger partial charge in [0.25, 0.3) is 0 Å². The van der Waals surface area contributed by atoms with Gasteiger partial charge in [0, 0.05) is 20.5 Å². The minimum absolute atomic E-state index is 0.0474. The van der Waals surface area contributed by atoms with Crippen molar-refractivity contribution in [1.82, 2.24) is 15.3 Å². The quantitative estimate of drug-likeness (QED) is 0.777. The molecule has 0 atom stereocenters. The summed E-state index contributed by atoms with van der Waals surface area (Å²) in [5.74, 6) is 0.136. The first-order chi connectivity index (χ1) is 9.02. The first-order valence-electron chi connectivity index (χ1n) is 6.09. The fourth-order valence-electron chi connectivity index (χ4n) is 1.32. The minimum Gasteiger partial charge on any atom is -0.347 e.